The minimum atomic E-state index is -0.466. The molecule has 7 nitrogen and oxygen atoms in total. The maximum Gasteiger partial charge on any atom is 0.341 e. The maximum absolute atomic E-state index is 13.7. The second-order valence-electron chi connectivity index (χ2n) is 8.83. The predicted molar refractivity (Wildman–Crippen MR) is 151 cm³/mol. The first-order valence-electron chi connectivity index (χ1n) is 12.8. The van der Waals surface area contributed by atoms with Gasteiger partial charge in [0.15, 0.2) is 0 Å². The van der Waals surface area contributed by atoms with Crippen molar-refractivity contribution in [2.75, 3.05) is 44.4 Å². The third kappa shape index (κ3) is 4.87. The number of carbonyl (C=O) groups excluding carboxylic acids is 1. The summed E-state index contributed by atoms with van der Waals surface area (Å²) in [6, 6.07) is 19.5. The maximum atomic E-state index is 13.7. The van der Waals surface area contributed by atoms with E-state index in [1.54, 1.807) is 6.92 Å². The van der Waals surface area contributed by atoms with E-state index in [-0.39, 0.29) is 6.61 Å². The zero-order chi connectivity index (χ0) is 26.6. The molecule has 0 spiro atoms. The van der Waals surface area contributed by atoms with E-state index in [1.165, 1.54) is 0 Å². The van der Waals surface area contributed by atoms with Crippen molar-refractivity contribution in [3.05, 3.63) is 83.4 Å². The zero-order valence-corrected chi connectivity index (χ0v) is 22.3. The molecular formula is C30H30ClN3O4. The molecule has 2 aromatic carbocycles. The summed E-state index contributed by atoms with van der Waals surface area (Å²) in [7, 11) is 0. The van der Waals surface area contributed by atoms with Gasteiger partial charge in [-0.2, -0.15) is 0 Å². The highest BCUT2D eigenvalue weighted by atomic mass is 35.5. The molecule has 0 bridgehead atoms. The fourth-order valence-corrected chi connectivity index (χ4v) is 5.04. The number of hydrogen-bond donors (Lipinski definition) is 0. The second kappa shape index (κ2) is 11.3. The van der Waals surface area contributed by atoms with E-state index in [0.717, 1.165) is 22.5 Å². The van der Waals surface area contributed by atoms with Crippen LogP contribution in [0.25, 0.3) is 33.7 Å². The van der Waals surface area contributed by atoms with Crippen LogP contribution in [0.5, 0.6) is 0 Å². The lowest BCUT2D eigenvalue weighted by molar-refractivity contribution is 0.0528. The zero-order valence-electron chi connectivity index (χ0n) is 21.6. The van der Waals surface area contributed by atoms with Crippen LogP contribution in [0.3, 0.4) is 0 Å². The molecule has 0 aliphatic carbocycles. The highest BCUT2D eigenvalue weighted by Gasteiger charge is 2.32. The molecular weight excluding hydrogens is 502 g/mol. The average molecular weight is 532 g/mol. The lowest BCUT2D eigenvalue weighted by Gasteiger charge is -2.28. The van der Waals surface area contributed by atoms with Gasteiger partial charge in [0, 0.05) is 29.2 Å². The van der Waals surface area contributed by atoms with Crippen molar-refractivity contribution in [1.82, 2.24) is 9.61 Å². The molecule has 0 atom stereocenters. The third-order valence-corrected chi connectivity index (χ3v) is 6.71. The van der Waals surface area contributed by atoms with Gasteiger partial charge in [-0.05, 0) is 37.6 Å². The number of ether oxygens (including phenoxy) is 3. The minimum Gasteiger partial charge on any atom is -0.494 e. The van der Waals surface area contributed by atoms with Crippen LogP contribution >= 0.6 is 11.6 Å². The number of halogens is 1. The SMILES string of the molecule is C=C(OCC)c1c(C(=O)OCC)c2c(-c3ccccc3)cc(N3CCOCC3)nn2c1-c1cccc(Cl)c1. The predicted octanol–water partition coefficient (Wildman–Crippen LogP) is 6.34. The van der Waals surface area contributed by atoms with E-state index in [9.17, 15) is 4.79 Å². The molecule has 0 amide bonds. The Labute approximate surface area is 227 Å². The van der Waals surface area contributed by atoms with E-state index in [4.69, 9.17) is 30.9 Å². The van der Waals surface area contributed by atoms with Crippen LogP contribution < -0.4 is 4.90 Å². The van der Waals surface area contributed by atoms with Gasteiger partial charge in [0.1, 0.15) is 11.6 Å². The lowest BCUT2D eigenvalue weighted by Crippen LogP contribution is -2.37. The Kier molecular flexibility index (Phi) is 7.67. The molecule has 0 N–H and O–H groups in total. The Bertz CT molecular complexity index is 1480. The first kappa shape index (κ1) is 25.8. The summed E-state index contributed by atoms with van der Waals surface area (Å²) in [6.07, 6.45) is 0. The van der Waals surface area contributed by atoms with Crippen LogP contribution in [0.4, 0.5) is 5.82 Å². The summed E-state index contributed by atoms with van der Waals surface area (Å²) in [4.78, 5) is 15.8. The van der Waals surface area contributed by atoms with Gasteiger partial charge >= 0.3 is 5.97 Å². The summed E-state index contributed by atoms with van der Waals surface area (Å²) < 4.78 is 18.9. The summed E-state index contributed by atoms with van der Waals surface area (Å²) in [5.41, 5.74) is 4.77. The van der Waals surface area contributed by atoms with Crippen molar-refractivity contribution < 1.29 is 19.0 Å². The van der Waals surface area contributed by atoms with Crippen molar-refractivity contribution in [2.24, 2.45) is 0 Å². The quantitative estimate of drug-likeness (QED) is 0.195. The van der Waals surface area contributed by atoms with Gasteiger partial charge in [-0.15, -0.1) is 5.10 Å². The number of carbonyl (C=O) groups is 1. The van der Waals surface area contributed by atoms with Crippen molar-refractivity contribution in [3.63, 3.8) is 0 Å². The number of anilines is 1. The van der Waals surface area contributed by atoms with Gasteiger partial charge in [0.25, 0.3) is 0 Å². The number of nitrogens with zero attached hydrogens (tertiary/aromatic N) is 3. The highest BCUT2D eigenvalue weighted by molar-refractivity contribution is 6.30. The van der Waals surface area contributed by atoms with Crippen LogP contribution in [0, 0.1) is 0 Å². The molecule has 0 saturated carbocycles. The summed E-state index contributed by atoms with van der Waals surface area (Å²) in [5.74, 6) is 0.678. The number of morpholine rings is 1. The van der Waals surface area contributed by atoms with Crippen LogP contribution in [0.1, 0.15) is 29.8 Å². The average Bonchev–Trinajstić information content (AvgIpc) is 3.29. The van der Waals surface area contributed by atoms with Crippen molar-refractivity contribution in [3.8, 4) is 22.4 Å². The molecule has 3 heterocycles. The van der Waals surface area contributed by atoms with Crippen molar-refractivity contribution in [1.29, 1.82) is 0 Å². The van der Waals surface area contributed by atoms with Crippen molar-refractivity contribution in [2.45, 2.75) is 13.8 Å². The van der Waals surface area contributed by atoms with E-state index >= 15 is 0 Å². The van der Waals surface area contributed by atoms with Crippen LogP contribution in [-0.4, -0.2) is 55.1 Å². The molecule has 1 fully saturated rings. The molecule has 1 aliphatic rings. The number of esters is 1. The largest absolute Gasteiger partial charge is 0.494 e. The normalized spacial score (nSPS) is 13.5. The summed E-state index contributed by atoms with van der Waals surface area (Å²) in [6.45, 7) is 11.2. The smallest absolute Gasteiger partial charge is 0.341 e. The van der Waals surface area contributed by atoms with Crippen LogP contribution in [0.15, 0.2) is 67.2 Å². The molecule has 2 aromatic heterocycles. The molecule has 1 aliphatic heterocycles. The molecule has 4 aromatic rings. The minimum absolute atomic E-state index is 0.225. The Morgan fingerprint density at radius 1 is 0.974 bits per heavy atom. The van der Waals surface area contributed by atoms with Crippen molar-refractivity contribution >= 4 is 34.7 Å². The molecule has 8 heteroatoms. The summed E-state index contributed by atoms with van der Waals surface area (Å²) in [5, 5.41) is 5.66. The first-order chi connectivity index (χ1) is 18.5. The highest BCUT2D eigenvalue weighted by Crippen LogP contribution is 2.42. The fourth-order valence-electron chi connectivity index (χ4n) is 4.84. The summed E-state index contributed by atoms with van der Waals surface area (Å²) >= 11 is 6.44. The van der Waals surface area contributed by atoms with Gasteiger partial charge in [-0.1, -0.05) is 60.6 Å². The standard InChI is InChI=1S/C30H30ClN3O4/c1-4-37-20(3)26-27(30(35)38-5-2)29-24(21-10-7-6-8-11-21)19-25(33-14-16-36-17-15-33)32-34(29)28(26)22-12-9-13-23(31)18-22/h6-13,18-19H,3-5,14-17H2,1-2H3. The Hall–Kier alpha value is -3.81. The second-order valence-corrected chi connectivity index (χ2v) is 9.26. The third-order valence-electron chi connectivity index (χ3n) is 6.47. The lowest BCUT2D eigenvalue weighted by atomic mass is 9.99. The Balaban J connectivity index is 1.94. The van der Waals surface area contributed by atoms with E-state index in [0.29, 0.717) is 66.0 Å². The first-order valence-corrected chi connectivity index (χ1v) is 13.1. The number of fused-ring (bicyclic) bond motifs is 1. The van der Waals surface area contributed by atoms with E-state index in [2.05, 4.69) is 11.5 Å². The van der Waals surface area contributed by atoms with E-state index in [1.807, 2.05) is 72.1 Å². The molecule has 38 heavy (non-hydrogen) atoms. The van der Waals surface area contributed by atoms with Crippen LogP contribution in [0.2, 0.25) is 5.02 Å². The van der Waals surface area contributed by atoms with Crippen LogP contribution in [-0.2, 0) is 14.2 Å². The van der Waals surface area contributed by atoms with E-state index < -0.39 is 5.97 Å². The van der Waals surface area contributed by atoms with Gasteiger partial charge < -0.3 is 19.1 Å². The van der Waals surface area contributed by atoms with Gasteiger partial charge in [-0.25, -0.2) is 9.31 Å². The molecule has 196 valence electrons. The number of aromatic nitrogens is 2. The topological polar surface area (TPSA) is 65.3 Å². The number of hydrogen-bond acceptors (Lipinski definition) is 6. The molecule has 5 rings (SSSR count). The molecule has 1 saturated heterocycles. The Morgan fingerprint density at radius 3 is 2.37 bits per heavy atom. The van der Waals surface area contributed by atoms with Gasteiger partial charge in [-0.3, -0.25) is 0 Å². The monoisotopic (exact) mass is 531 g/mol. The Morgan fingerprint density at radius 2 is 1.68 bits per heavy atom. The number of benzene rings is 2. The molecule has 0 radical (unpaired) electrons. The molecule has 0 unspecified atom stereocenters. The van der Waals surface area contributed by atoms with Gasteiger partial charge in [0.2, 0.25) is 0 Å². The van der Waals surface area contributed by atoms with Gasteiger partial charge in [0.05, 0.1) is 48.8 Å². The fraction of sp³-hybridized carbons (Fsp3) is 0.267. The number of rotatable bonds is 8.